The van der Waals surface area contributed by atoms with Gasteiger partial charge < -0.3 is 24.3 Å². The number of dihydropyridines is 1. The van der Waals surface area contributed by atoms with Crippen LogP contribution in [0.2, 0.25) is 0 Å². The predicted molar refractivity (Wildman–Crippen MR) is 178 cm³/mol. The number of rotatable bonds is 22. The van der Waals surface area contributed by atoms with Crippen molar-refractivity contribution in [2.24, 2.45) is 0 Å². The van der Waals surface area contributed by atoms with E-state index in [2.05, 4.69) is 18.3 Å². The summed E-state index contributed by atoms with van der Waals surface area (Å²) in [6.07, 6.45) is 17.3. The van der Waals surface area contributed by atoms with E-state index < -0.39 is 17.9 Å². The Kier molecular flexibility index (Phi) is 17.9. The Labute approximate surface area is 267 Å². The number of esters is 2. The fraction of sp³-hybridized carbons (Fsp3) is 0.676. The second-order valence-electron chi connectivity index (χ2n) is 12.2. The van der Waals surface area contributed by atoms with Crippen LogP contribution in [-0.4, -0.2) is 45.5 Å². The molecule has 44 heavy (non-hydrogen) atoms. The van der Waals surface area contributed by atoms with Crippen LogP contribution < -0.4 is 10.1 Å². The summed E-state index contributed by atoms with van der Waals surface area (Å²) in [7, 11) is 3.19. The van der Waals surface area contributed by atoms with Crippen LogP contribution in [0.25, 0.3) is 0 Å². The van der Waals surface area contributed by atoms with Gasteiger partial charge in [0.1, 0.15) is 12.4 Å². The highest BCUT2D eigenvalue weighted by molar-refractivity contribution is 6.00. The van der Waals surface area contributed by atoms with Crippen LogP contribution >= 0.6 is 0 Å². The van der Waals surface area contributed by atoms with Crippen molar-refractivity contribution < 1.29 is 28.5 Å². The smallest absolute Gasteiger partial charge is 0.337 e. The molecule has 1 aliphatic rings. The lowest BCUT2D eigenvalue weighted by Crippen LogP contribution is -2.34. The third-order valence-corrected chi connectivity index (χ3v) is 8.28. The molecule has 0 saturated carbocycles. The van der Waals surface area contributed by atoms with Gasteiger partial charge in [-0.1, -0.05) is 96.1 Å². The molecule has 1 heterocycles. The van der Waals surface area contributed by atoms with Crippen LogP contribution in [0.3, 0.4) is 0 Å². The standard InChI is InChI=1S/C37H59NO6/c1-8-9-10-11-12-13-14-15-16-17-18-19-20-22-30-23-21-24-31(42-7)34(30)35-32(36(39)43-26-25-41-6)28(4)38-29(5)33(35)37(40)44-27(2)3/h21,23-24,27,35,38H,8-20,22,25-26H2,1-7H3. The van der Waals surface area contributed by atoms with Crippen molar-refractivity contribution in [3.63, 3.8) is 0 Å². The van der Waals surface area contributed by atoms with E-state index in [1.54, 1.807) is 14.2 Å². The molecule has 0 radical (unpaired) electrons. The number of carbonyl (C=O) groups is 2. The minimum Gasteiger partial charge on any atom is -0.496 e. The van der Waals surface area contributed by atoms with Crippen LogP contribution in [0.4, 0.5) is 0 Å². The van der Waals surface area contributed by atoms with E-state index in [4.69, 9.17) is 18.9 Å². The lowest BCUT2D eigenvalue weighted by molar-refractivity contribution is -0.143. The normalized spacial score (nSPS) is 15.0. The number of benzene rings is 1. The number of ether oxygens (including phenoxy) is 4. The van der Waals surface area contributed by atoms with E-state index in [1.807, 2.05) is 39.8 Å². The SMILES string of the molecule is CCCCCCCCCCCCCCCc1cccc(OC)c1C1C(C(=O)OCCOC)=C(C)NC(C)=C1C(=O)OC(C)C. The first-order chi connectivity index (χ1) is 21.3. The van der Waals surface area contributed by atoms with Crippen LogP contribution in [0, 0.1) is 0 Å². The van der Waals surface area contributed by atoms with Gasteiger partial charge in [-0.2, -0.15) is 0 Å². The summed E-state index contributed by atoms with van der Waals surface area (Å²) in [4.78, 5) is 27.1. The van der Waals surface area contributed by atoms with E-state index in [0.29, 0.717) is 28.3 Å². The average molecular weight is 614 g/mol. The van der Waals surface area contributed by atoms with E-state index in [9.17, 15) is 9.59 Å². The Bertz CT molecular complexity index is 1090. The number of carbonyl (C=O) groups excluding carboxylic acids is 2. The van der Waals surface area contributed by atoms with Gasteiger partial charge in [-0.3, -0.25) is 0 Å². The minimum absolute atomic E-state index is 0.116. The maximum atomic E-state index is 13.6. The molecule has 0 saturated heterocycles. The fourth-order valence-electron chi connectivity index (χ4n) is 6.04. The Morgan fingerprint density at radius 1 is 0.773 bits per heavy atom. The molecule has 1 aromatic rings. The molecule has 1 aliphatic heterocycles. The summed E-state index contributed by atoms with van der Waals surface area (Å²) in [5.74, 6) is -0.993. The number of hydrogen-bond acceptors (Lipinski definition) is 7. The second kappa shape index (κ2) is 21.0. The molecule has 1 N–H and O–H groups in total. The molecule has 1 aromatic carbocycles. The van der Waals surface area contributed by atoms with Gasteiger partial charge >= 0.3 is 11.9 Å². The lowest BCUT2D eigenvalue weighted by atomic mass is 9.77. The molecule has 7 nitrogen and oxygen atoms in total. The summed E-state index contributed by atoms with van der Waals surface area (Å²) in [5.41, 5.74) is 3.98. The monoisotopic (exact) mass is 613 g/mol. The molecular weight excluding hydrogens is 554 g/mol. The Morgan fingerprint density at radius 2 is 1.32 bits per heavy atom. The van der Waals surface area contributed by atoms with Gasteiger partial charge in [0.25, 0.3) is 0 Å². The molecule has 0 aliphatic carbocycles. The first-order valence-corrected chi connectivity index (χ1v) is 17.0. The average Bonchev–Trinajstić information content (AvgIpc) is 2.98. The summed E-state index contributed by atoms with van der Waals surface area (Å²) < 4.78 is 22.3. The van der Waals surface area contributed by atoms with Crippen molar-refractivity contribution in [3.8, 4) is 5.75 Å². The molecular formula is C37H59NO6. The number of unbranched alkanes of at least 4 members (excludes halogenated alkanes) is 12. The van der Waals surface area contributed by atoms with Crippen molar-refractivity contribution in [3.05, 3.63) is 51.9 Å². The molecule has 1 atom stereocenters. The zero-order valence-corrected chi connectivity index (χ0v) is 28.6. The van der Waals surface area contributed by atoms with Gasteiger partial charge in [0, 0.05) is 24.1 Å². The van der Waals surface area contributed by atoms with Gasteiger partial charge in [-0.25, -0.2) is 9.59 Å². The third-order valence-electron chi connectivity index (χ3n) is 8.28. The Balaban J connectivity index is 2.20. The van der Waals surface area contributed by atoms with Crippen LogP contribution in [0.15, 0.2) is 40.7 Å². The maximum absolute atomic E-state index is 13.6. The van der Waals surface area contributed by atoms with Gasteiger partial charge in [-0.15, -0.1) is 0 Å². The van der Waals surface area contributed by atoms with Crippen molar-refractivity contribution in [1.29, 1.82) is 0 Å². The summed E-state index contributed by atoms with van der Waals surface area (Å²) >= 11 is 0. The van der Waals surface area contributed by atoms with Crippen molar-refractivity contribution >= 4 is 11.9 Å². The predicted octanol–water partition coefficient (Wildman–Crippen LogP) is 8.70. The van der Waals surface area contributed by atoms with Gasteiger partial charge in [0.05, 0.1) is 36.9 Å². The summed E-state index contributed by atoms with van der Waals surface area (Å²) in [6.45, 7) is 10.0. The van der Waals surface area contributed by atoms with Gasteiger partial charge in [-0.05, 0) is 52.2 Å². The van der Waals surface area contributed by atoms with Crippen molar-refractivity contribution in [2.75, 3.05) is 27.4 Å². The van der Waals surface area contributed by atoms with E-state index in [0.717, 1.165) is 30.4 Å². The number of aryl methyl sites for hydroxylation is 1. The summed E-state index contributed by atoms with van der Waals surface area (Å²) in [6, 6.07) is 5.97. The zero-order valence-electron chi connectivity index (χ0n) is 28.6. The van der Waals surface area contributed by atoms with Gasteiger partial charge in [0.2, 0.25) is 0 Å². The van der Waals surface area contributed by atoms with Crippen LogP contribution in [0.1, 0.15) is 135 Å². The summed E-state index contributed by atoms with van der Waals surface area (Å²) in [5, 5.41) is 3.24. The highest BCUT2D eigenvalue weighted by Crippen LogP contribution is 2.45. The number of methoxy groups -OCH3 is 2. The Hall–Kier alpha value is -2.80. The van der Waals surface area contributed by atoms with Crippen LogP contribution in [0.5, 0.6) is 5.75 Å². The van der Waals surface area contributed by atoms with Crippen LogP contribution in [-0.2, 0) is 30.2 Å². The number of allylic oxidation sites excluding steroid dienone is 2. The molecule has 0 bridgehead atoms. The molecule has 2 rings (SSSR count). The maximum Gasteiger partial charge on any atom is 0.337 e. The number of nitrogens with one attached hydrogen (secondary N) is 1. The largest absolute Gasteiger partial charge is 0.496 e. The third kappa shape index (κ3) is 11.9. The molecule has 0 amide bonds. The first-order valence-electron chi connectivity index (χ1n) is 17.0. The zero-order chi connectivity index (χ0) is 32.3. The second-order valence-corrected chi connectivity index (χ2v) is 12.2. The molecule has 0 aromatic heterocycles. The molecule has 1 unspecified atom stereocenters. The van der Waals surface area contributed by atoms with Crippen molar-refractivity contribution in [2.45, 2.75) is 137 Å². The lowest BCUT2D eigenvalue weighted by Gasteiger charge is -2.32. The van der Waals surface area contributed by atoms with Gasteiger partial charge in [0.15, 0.2) is 0 Å². The first kappa shape index (κ1) is 37.4. The highest BCUT2D eigenvalue weighted by Gasteiger charge is 2.40. The number of hydrogen-bond donors (Lipinski definition) is 1. The van der Waals surface area contributed by atoms with E-state index >= 15 is 0 Å². The van der Waals surface area contributed by atoms with E-state index in [1.165, 1.54) is 70.6 Å². The van der Waals surface area contributed by atoms with E-state index in [-0.39, 0.29) is 19.3 Å². The highest BCUT2D eigenvalue weighted by atomic mass is 16.6. The molecule has 248 valence electrons. The molecule has 0 fully saturated rings. The quantitative estimate of drug-likeness (QED) is 0.103. The molecule has 0 spiro atoms. The Morgan fingerprint density at radius 3 is 1.84 bits per heavy atom. The van der Waals surface area contributed by atoms with Crippen molar-refractivity contribution in [1.82, 2.24) is 5.32 Å². The molecule has 7 heteroatoms. The fourth-order valence-corrected chi connectivity index (χ4v) is 6.04. The topological polar surface area (TPSA) is 83.1 Å². The minimum atomic E-state index is -0.689.